The van der Waals surface area contributed by atoms with Gasteiger partial charge in [-0.3, -0.25) is 4.90 Å². The predicted octanol–water partition coefficient (Wildman–Crippen LogP) is 2.96. The first-order valence-corrected chi connectivity index (χ1v) is 10.3. The Labute approximate surface area is 147 Å². The molecule has 1 aliphatic heterocycles. The molecule has 1 saturated heterocycles. The molecule has 0 aromatic rings. The Kier molecular flexibility index (Phi) is 4.57. The average Bonchev–Trinajstić information content (AvgIpc) is 2.52. The van der Waals surface area contributed by atoms with Crippen molar-refractivity contribution in [1.82, 2.24) is 15.1 Å². The van der Waals surface area contributed by atoms with Gasteiger partial charge >= 0.3 is 0 Å². The molecule has 4 aliphatic carbocycles. The van der Waals surface area contributed by atoms with E-state index in [1.54, 1.807) is 6.42 Å². The third kappa shape index (κ3) is 3.26. The van der Waals surface area contributed by atoms with Crippen molar-refractivity contribution in [2.75, 3.05) is 32.7 Å². The maximum absolute atomic E-state index is 5.59. The summed E-state index contributed by atoms with van der Waals surface area (Å²) in [6.45, 7) is 10.1. The van der Waals surface area contributed by atoms with Crippen molar-refractivity contribution in [2.24, 2.45) is 29.6 Å². The van der Waals surface area contributed by atoms with Crippen LogP contribution in [0, 0.1) is 29.6 Å². The Morgan fingerprint density at radius 2 is 1.52 bits per heavy atom. The molecule has 5 rings (SSSR count). The fourth-order valence-electron chi connectivity index (χ4n) is 6.12. The molecule has 0 amide bonds. The van der Waals surface area contributed by atoms with Crippen molar-refractivity contribution in [3.8, 4) is 0 Å². The van der Waals surface area contributed by atoms with Gasteiger partial charge in [0.2, 0.25) is 0 Å². The van der Waals surface area contributed by atoms with E-state index in [-0.39, 0.29) is 0 Å². The number of rotatable bonds is 3. The first kappa shape index (κ1) is 16.1. The van der Waals surface area contributed by atoms with Crippen molar-refractivity contribution in [1.29, 1.82) is 0 Å². The first-order valence-electron chi connectivity index (χ1n) is 9.87. The van der Waals surface area contributed by atoms with Gasteiger partial charge in [0.05, 0.1) is 0 Å². The molecule has 0 spiro atoms. The van der Waals surface area contributed by atoms with Crippen LogP contribution in [0.4, 0.5) is 0 Å². The molecular formula is C19H33N3S. The normalized spacial score (nSPS) is 40.0. The zero-order valence-corrected chi connectivity index (χ0v) is 15.7. The highest BCUT2D eigenvalue weighted by Gasteiger charge is 2.50. The predicted molar refractivity (Wildman–Crippen MR) is 99.4 cm³/mol. The van der Waals surface area contributed by atoms with E-state index >= 15 is 0 Å². The monoisotopic (exact) mass is 335 g/mol. The van der Waals surface area contributed by atoms with Crippen molar-refractivity contribution < 1.29 is 0 Å². The van der Waals surface area contributed by atoms with Gasteiger partial charge in [0, 0.05) is 38.8 Å². The first-order chi connectivity index (χ1) is 11.1. The fraction of sp³-hybridized carbons (Fsp3) is 0.947. The SMILES string of the molecule is CC(C)CNC(=S)N1CCN(C2C3CC4CC(C3)CC2C4)CC1. The summed E-state index contributed by atoms with van der Waals surface area (Å²) in [4.78, 5) is 5.24. The summed E-state index contributed by atoms with van der Waals surface area (Å²) < 4.78 is 0. The van der Waals surface area contributed by atoms with E-state index in [2.05, 4.69) is 29.0 Å². The van der Waals surface area contributed by atoms with Crippen LogP contribution in [0.25, 0.3) is 0 Å². The van der Waals surface area contributed by atoms with Gasteiger partial charge in [-0.1, -0.05) is 13.8 Å². The van der Waals surface area contributed by atoms with Crippen molar-refractivity contribution >= 4 is 17.3 Å². The smallest absolute Gasteiger partial charge is 0.169 e. The maximum Gasteiger partial charge on any atom is 0.169 e. The summed E-state index contributed by atoms with van der Waals surface area (Å²) in [5.74, 6) is 4.86. The molecule has 0 atom stereocenters. The van der Waals surface area contributed by atoms with Crippen LogP contribution in [-0.2, 0) is 0 Å². The molecule has 1 heterocycles. The minimum Gasteiger partial charge on any atom is -0.362 e. The van der Waals surface area contributed by atoms with Gasteiger partial charge in [-0.2, -0.15) is 0 Å². The van der Waals surface area contributed by atoms with E-state index in [0.29, 0.717) is 5.92 Å². The van der Waals surface area contributed by atoms with Crippen LogP contribution in [0.15, 0.2) is 0 Å². The summed E-state index contributed by atoms with van der Waals surface area (Å²) in [5, 5.41) is 4.41. The Bertz CT molecular complexity index is 414. The third-order valence-corrected chi connectivity index (χ3v) is 7.26. The summed E-state index contributed by atoms with van der Waals surface area (Å²) in [7, 11) is 0. The number of hydrogen-bond acceptors (Lipinski definition) is 2. The molecule has 5 aliphatic rings. The van der Waals surface area contributed by atoms with Gasteiger partial charge in [-0.25, -0.2) is 0 Å². The van der Waals surface area contributed by atoms with Crippen molar-refractivity contribution in [3.05, 3.63) is 0 Å². The molecule has 23 heavy (non-hydrogen) atoms. The van der Waals surface area contributed by atoms with Gasteiger partial charge in [0.15, 0.2) is 5.11 Å². The largest absolute Gasteiger partial charge is 0.362 e. The zero-order chi connectivity index (χ0) is 16.0. The summed E-state index contributed by atoms with van der Waals surface area (Å²) >= 11 is 5.59. The highest BCUT2D eigenvalue weighted by atomic mass is 32.1. The van der Waals surface area contributed by atoms with E-state index in [1.807, 2.05) is 0 Å². The highest BCUT2D eigenvalue weighted by molar-refractivity contribution is 7.80. The summed E-state index contributed by atoms with van der Waals surface area (Å²) in [6, 6.07) is 0.905. The molecule has 0 aromatic carbocycles. The molecule has 4 saturated carbocycles. The number of thiocarbonyl (C=S) groups is 1. The molecule has 4 heteroatoms. The van der Waals surface area contributed by atoms with Gasteiger partial charge < -0.3 is 10.2 Å². The molecule has 3 nitrogen and oxygen atoms in total. The van der Waals surface area contributed by atoms with Crippen LogP contribution < -0.4 is 5.32 Å². The standard InChI is InChI=1S/C19H33N3S/c1-13(2)12-20-19(23)22-5-3-21(4-6-22)18-16-8-14-7-15(10-16)11-17(18)9-14/h13-18H,3-12H2,1-2H3,(H,20,23). The highest BCUT2D eigenvalue weighted by Crippen LogP contribution is 2.55. The maximum atomic E-state index is 5.59. The molecule has 0 aromatic heterocycles. The fourth-order valence-corrected chi connectivity index (χ4v) is 6.38. The molecule has 1 N–H and O–H groups in total. The van der Waals surface area contributed by atoms with E-state index < -0.39 is 0 Å². The average molecular weight is 336 g/mol. The molecule has 130 valence electrons. The third-order valence-electron chi connectivity index (χ3n) is 6.86. The second-order valence-corrected chi connectivity index (χ2v) is 9.41. The Balaban J connectivity index is 1.31. The Morgan fingerprint density at radius 3 is 2.04 bits per heavy atom. The molecule has 0 unspecified atom stereocenters. The lowest BCUT2D eigenvalue weighted by molar-refractivity contribution is -0.0727. The lowest BCUT2D eigenvalue weighted by Gasteiger charge is -2.58. The molecule has 0 radical (unpaired) electrons. The van der Waals surface area contributed by atoms with E-state index in [0.717, 1.165) is 54.5 Å². The minimum atomic E-state index is 0.655. The van der Waals surface area contributed by atoms with Crippen LogP contribution in [0.1, 0.15) is 46.0 Å². The Hall–Kier alpha value is -0.350. The van der Waals surface area contributed by atoms with Gasteiger partial charge in [-0.05, 0) is 73.9 Å². The number of nitrogens with zero attached hydrogens (tertiary/aromatic N) is 2. The van der Waals surface area contributed by atoms with Gasteiger partial charge in [-0.15, -0.1) is 0 Å². The van der Waals surface area contributed by atoms with Crippen LogP contribution >= 0.6 is 12.2 Å². The quantitative estimate of drug-likeness (QED) is 0.799. The van der Waals surface area contributed by atoms with Gasteiger partial charge in [0.1, 0.15) is 0 Å². The van der Waals surface area contributed by atoms with E-state index in [9.17, 15) is 0 Å². The number of hydrogen-bond donors (Lipinski definition) is 1. The number of nitrogens with one attached hydrogen (secondary N) is 1. The lowest BCUT2D eigenvalue weighted by atomic mass is 9.54. The molecule has 4 bridgehead atoms. The van der Waals surface area contributed by atoms with E-state index in [4.69, 9.17) is 12.2 Å². The molecular weight excluding hydrogens is 302 g/mol. The number of piperazine rings is 1. The van der Waals surface area contributed by atoms with Crippen LogP contribution in [0.5, 0.6) is 0 Å². The molecule has 5 fully saturated rings. The van der Waals surface area contributed by atoms with Crippen LogP contribution in [0.2, 0.25) is 0 Å². The van der Waals surface area contributed by atoms with Gasteiger partial charge in [0.25, 0.3) is 0 Å². The second kappa shape index (κ2) is 6.51. The minimum absolute atomic E-state index is 0.655. The van der Waals surface area contributed by atoms with E-state index in [1.165, 1.54) is 38.8 Å². The van der Waals surface area contributed by atoms with Crippen LogP contribution in [-0.4, -0.2) is 53.7 Å². The van der Waals surface area contributed by atoms with Crippen LogP contribution in [0.3, 0.4) is 0 Å². The van der Waals surface area contributed by atoms with Crippen molar-refractivity contribution in [3.63, 3.8) is 0 Å². The zero-order valence-electron chi connectivity index (χ0n) is 14.8. The Morgan fingerprint density at radius 1 is 0.957 bits per heavy atom. The summed E-state index contributed by atoms with van der Waals surface area (Å²) in [6.07, 6.45) is 7.69. The van der Waals surface area contributed by atoms with Crippen molar-refractivity contribution in [2.45, 2.75) is 52.0 Å². The second-order valence-electron chi connectivity index (χ2n) is 9.02. The lowest BCUT2D eigenvalue weighted by Crippen LogP contribution is -2.61. The topological polar surface area (TPSA) is 18.5 Å². The summed E-state index contributed by atoms with van der Waals surface area (Å²) in [5.41, 5.74) is 0.